The third-order valence-electron chi connectivity index (χ3n) is 9.86. The van der Waals surface area contributed by atoms with Crippen LogP contribution in [0.2, 0.25) is 36.3 Å². The van der Waals surface area contributed by atoms with Gasteiger partial charge < -0.3 is 23.5 Å². The van der Waals surface area contributed by atoms with Gasteiger partial charge in [-0.15, -0.1) is 13.2 Å². The first-order chi connectivity index (χ1) is 17.8. The normalized spacial score (nSPS) is 23.9. The van der Waals surface area contributed by atoms with Crippen LogP contribution in [0.1, 0.15) is 102 Å². The van der Waals surface area contributed by atoms with Crippen LogP contribution in [0, 0.1) is 10.8 Å². The van der Waals surface area contributed by atoms with E-state index in [0.717, 1.165) is 19.1 Å². The maximum absolute atomic E-state index is 10.9. The van der Waals surface area contributed by atoms with Crippen molar-refractivity contribution in [1.29, 1.82) is 0 Å². The lowest BCUT2D eigenvalue weighted by Gasteiger charge is -2.51. The largest absolute Gasteiger partial charge is 0.413 e. The molecule has 0 aliphatic carbocycles. The lowest BCUT2D eigenvalue weighted by Crippen LogP contribution is -2.56. The molecule has 236 valence electrons. The highest BCUT2D eigenvalue weighted by Gasteiger charge is 2.49. The molecule has 0 saturated carbocycles. The lowest BCUT2D eigenvalue weighted by molar-refractivity contribution is -0.166. The molecule has 5 nitrogen and oxygen atoms in total. The fraction of sp³-hybridized carbons (Fsp3) is 0.848. The minimum Gasteiger partial charge on any atom is -0.413 e. The highest BCUT2D eigenvalue weighted by molar-refractivity contribution is 6.74. The van der Waals surface area contributed by atoms with Crippen molar-refractivity contribution in [2.45, 2.75) is 169 Å². The average molecular weight is 599 g/mol. The quantitative estimate of drug-likeness (QED) is 0.138. The van der Waals surface area contributed by atoms with Gasteiger partial charge in [-0.05, 0) is 62.5 Å². The predicted molar refractivity (Wildman–Crippen MR) is 177 cm³/mol. The highest BCUT2D eigenvalue weighted by Crippen LogP contribution is 2.45. The van der Waals surface area contributed by atoms with Crippen molar-refractivity contribution in [2.24, 2.45) is 10.8 Å². The summed E-state index contributed by atoms with van der Waals surface area (Å²) in [6.07, 6.45) is 7.14. The Hall–Kier alpha value is -0.576. The average Bonchev–Trinajstić information content (AvgIpc) is 2.76. The van der Waals surface area contributed by atoms with E-state index in [1.165, 1.54) is 0 Å². The Labute approximate surface area is 250 Å². The number of aldehydes is 1. The summed E-state index contributed by atoms with van der Waals surface area (Å²) in [6.45, 7) is 40.7. The van der Waals surface area contributed by atoms with Crippen LogP contribution in [0.3, 0.4) is 0 Å². The predicted octanol–water partition coefficient (Wildman–Crippen LogP) is 9.09. The Morgan fingerprint density at radius 3 is 1.82 bits per heavy atom. The molecule has 1 rings (SSSR count). The van der Waals surface area contributed by atoms with E-state index in [4.69, 9.17) is 13.6 Å². The number of carbonyl (C=O) groups is 1. The van der Waals surface area contributed by atoms with Crippen molar-refractivity contribution in [3.8, 4) is 0 Å². The zero-order chi connectivity index (χ0) is 32.0. The fourth-order valence-electron chi connectivity index (χ4n) is 4.37. The first kappa shape index (κ1) is 39.4. The highest BCUT2D eigenvalue weighted by atomic mass is 28.4. The molecule has 0 aromatic rings. The number of ether oxygens (including phenoxy) is 1. The van der Waals surface area contributed by atoms with Crippen molar-refractivity contribution in [3.05, 3.63) is 25.3 Å². The fourth-order valence-corrected chi connectivity index (χ4v) is 7.30. The van der Waals surface area contributed by atoms with E-state index in [9.17, 15) is 9.90 Å². The first-order valence-electron chi connectivity index (χ1n) is 15.2. The van der Waals surface area contributed by atoms with Crippen molar-refractivity contribution in [2.75, 3.05) is 0 Å². The smallest absolute Gasteiger partial charge is 0.192 e. The van der Waals surface area contributed by atoms with Crippen LogP contribution in [0.5, 0.6) is 0 Å². The second-order valence-electron chi connectivity index (χ2n) is 16.0. The second-order valence-corrected chi connectivity index (χ2v) is 25.5. The Kier molecular flexibility index (Phi) is 14.5. The standard InChI is InChI=1S/C17H34O2Si.C16H32O3Si/c1-10-12-14(18)17(6,7)15(13-11-2)19-20(8,9)16(3,4)5;1-12-11-14(19-20(7,8)15(2,3)4)16(5,6)13(18-12)9-10-17/h10-11,14-15,18H,1-2,12-13H2,3-9H3;10,12-14H,9,11H2,1-8H3/t14-,15-;12?,13-,14-/m11/s1. The van der Waals surface area contributed by atoms with Crippen LogP contribution in [0.25, 0.3) is 0 Å². The number of hydrogen-bond acceptors (Lipinski definition) is 5. The molecule has 1 N–H and O–H groups in total. The molecule has 1 unspecified atom stereocenters. The van der Waals surface area contributed by atoms with Gasteiger partial charge in [0, 0.05) is 17.3 Å². The van der Waals surface area contributed by atoms with Gasteiger partial charge in [0.15, 0.2) is 16.6 Å². The zero-order valence-corrected chi connectivity index (χ0v) is 30.9. The molecule has 1 aliphatic heterocycles. The monoisotopic (exact) mass is 598 g/mol. The van der Waals surface area contributed by atoms with Crippen molar-refractivity contribution in [3.63, 3.8) is 0 Å². The third kappa shape index (κ3) is 10.6. The van der Waals surface area contributed by atoms with E-state index in [-0.39, 0.29) is 45.3 Å². The van der Waals surface area contributed by atoms with Crippen LogP contribution >= 0.6 is 0 Å². The first-order valence-corrected chi connectivity index (χ1v) is 21.0. The molecule has 0 aromatic carbocycles. The molecular weight excluding hydrogens is 533 g/mol. The van der Waals surface area contributed by atoms with Gasteiger partial charge in [-0.1, -0.05) is 81.4 Å². The maximum Gasteiger partial charge on any atom is 0.192 e. The zero-order valence-electron chi connectivity index (χ0n) is 28.9. The lowest BCUT2D eigenvalue weighted by atomic mass is 9.75. The van der Waals surface area contributed by atoms with E-state index in [1.807, 2.05) is 6.08 Å². The van der Waals surface area contributed by atoms with E-state index in [0.29, 0.717) is 12.8 Å². The number of hydrogen-bond donors (Lipinski definition) is 1. The Balaban J connectivity index is 0.000000760. The van der Waals surface area contributed by atoms with Gasteiger partial charge in [-0.2, -0.15) is 0 Å². The Morgan fingerprint density at radius 1 is 0.950 bits per heavy atom. The molecule has 0 radical (unpaired) electrons. The molecule has 0 bridgehead atoms. The molecule has 5 atom stereocenters. The van der Waals surface area contributed by atoms with E-state index >= 15 is 0 Å². The molecular formula is C33H66O5Si2. The van der Waals surface area contributed by atoms with Crippen molar-refractivity contribution < 1.29 is 23.5 Å². The minimum absolute atomic E-state index is 0.0177. The summed E-state index contributed by atoms with van der Waals surface area (Å²) in [4.78, 5) is 10.9. The van der Waals surface area contributed by atoms with Gasteiger partial charge in [0.2, 0.25) is 0 Å². The van der Waals surface area contributed by atoms with Gasteiger partial charge in [0.05, 0.1) is 30.5 Å². The molecule has 1 heterocycles. The minimum atomic E-state index is -1.87. The third-order valence-corrected chi connectivity index (χ3v) is 18.8. The molecule has 1 fully saturated rings. The van der Waals surface area contributed by atoms with Crippen molar-refractivity contribution >= 4 is 22.9 Å². The summed E-state index contributed by atoms with van der Waals surface area (Å²) in [6, 6.07) is 0. The molecule has 1 saturated heterocycles. The molecule has 0 aromatic heterocycles. The molecule has 0 spiro atoms. The van der Waals surface area contributed by atoms with Gasteiger partial charge >= 0.3 is 0 Å². The van der Waals surface area contributed by atoms with Crippen LogP contribution in [-0.4, -0.2) is 58.5 Å². The second kappa shape index (κ2) is 14.7. The number of aliphatic hydroxyl groups excluding tert-OH is 1. The number of aliphatic hydroxyl groups is 1. The maximum atomic E-state index is 10.9. The number of rotatable bonds is 12. The summed E-state index contributed by atoms with van der Waals surface area (Å²) in [7, 11) is -3.68. The van der Waals surface area contributed by atoms with E-state index in [1.54, 1.807) is 6.08 Å². The summed E-state index contributed by atoms with van der Waals surface area (Å²) >= 11 is 0. The van der Waals surface area contributed by atoms with Crippen LogP contribution < -0.4 is 0 Å². The summed E-state index contributed by atoms with van der Waals surface area (Å²) in [5.74, 6) is 0. The van der Waals surface area contributed by atoms with Crippen LogP contribution in [0.4, 0.5) is 0 Å². The van der Waals surface area contributed by atoms with Gasteiger partial charge in [0.1, 0.15) is 6.29 Å². The molecule has 7 heteroatoms. The van der Waals surface area contributed by atoms with Gasteiger partial charge in [-0.3, -0.25) is 0 Å². The van der Waals surface area contributed by atoms with Gasteiger partial charge in [-0.25, -0.2) is 0 Å². The molecule has 40 heavy (non-hydrogen) atoms. The molecule has 0 amide bonds. The van der Waals surface area contributed by atoms with E-state index < -0.39 is 22.7 Å². The topological polar surface area (TPSA) is 65.0 Å². The van der Waals surface area contributed by atoms with Crippen LogP contribution in [0.15, 0.2) is 25.3 Å². The summed E-state index contributed by atoms with van der Waals surface area (Å²) in [5, 5.41) is 10.8. The van der Waals surface area contributed by atoms with Crippen molar-refractivity contribution in [1.82, 2.24) is 0 Å². The van der Waals surface area contributed by atoms with Gasteiger partial charge in [0.25, 0.3) is 0 Å². The Morgan fingerprint density at radius 2 is 1.43 bits per heavy atom. The van der Waals surface area contributed by atoms with Crippen LogP contribution in [-0.2, 0) is 18.4 Å². The SMILES string of the molecule is C=CC[C@@H](O)C(C)(C)[C@@H](CC=C)O[Si](C)(C)C(C)(C)C.CC1C[C@@H](O[Si](C)(C)C(C)(C)C)C(C)(C)[C@@H](CC=O)O1. The summed E-state index contributed by atoms with van der Waals surface area (Å²) in [5.41, 5.74) is -0.444. The summed E-state index contributed by atoms with van der Waals surface area (Å²) < 4.78 is 19.2. The Bertz CT molecular complexity index is 805. The number of carbonyl (C=O) groups excluding carboxylic acids is 1. The van der Waals surface area contributed by atoms with E-state index in [2.05, 4.69) is 116 Å². The molecule has 1 aliphatic rings.